The maximum Gasteiger partial charge on any atom is 0.265 e. The van der Waals surface area contributed by atoms with Crippen LogP contribution in [0.5, 0.6) is 0 Å². The molecule has 1 heterocycles. The number of anilines is 2. The van der Waals surface area contributed by atoms with Crippen molar-refractivity contribution in [3.63, 3.8) is 0 Å². The van der Waals surface area contributed by atoms with E-state index in [1.807, 2.05) is 17.4 Å². The van der Waals surface area contributed by atoms with Crippen molar-refractivity contribution >= 4 is 27.6 Å². The van der Waals surface area contributed by atoms with Crippen molar-refractivity contribution in [1.29, 1.82) is 0 Å². The minimum absolute atomic E-state index is 0.0766. The molecule has 0 aliphatic heterocycles. The minimum Gasteiger partial charge on any atom is -0.359 e. The normalized spacial score (nSPS) is 20.0. The standard InChI is InChI=1S/C14H23N5O3S/c1-4-23(21,22)18-12-6-10(14(20)17-15)7-13(16-12)19(3)8-11-5-9(11)2/h6-7,9,11H,4-5,8,15H2,1-3H3,(H,16,18)(H,17,20). The fourth-order valence-electron chi connectivity index (χ4n) is 2.31. The highest BCUT2D eigenvalue weighted by atomic mass is 32.2. The molecule has 1 amide bonds. The summed E-state index contributed by atoms with van der Waals surface area (Å²) in [6.07, 6.45) is 1.17. The Labute approximate surface area is 136 Å². The second-order valence-corrected chi connectivity index (χ2v) is 7.94. The first-order valence-electron chi connectivity index (χ1n) is 7.50. The number of carbonyl (C=O) groups is 1. The average molecular weight is 341 g/mol. The number of sulfonamides is 1. The molecule has 1 aliphatic rings. The maximum absolute atomic E-state index is 11.8. The van der Waals surface area contributed by atoms with Gasteiger partial charge >= 0.3 is 0 Å². The van der Waals surface area contributed by atoms with Crippen LogP contribution in [0.2, 0.25) is 0 Å². The predicted molar refractivity (Wildman–Crippen MR) is 89.5 cm³/mol. The number of carbonyl (C=O) groups excluding carboxylic acids is 1. The fraction of sp³-hybridized carbons (Fsp3) is 0.571. The summed E-state index contributed by atoms with van der Waals surface area (Å²) < 4.78 is 25.9. The molecule has 4 N–H and O–H groups in total. The highest BCUT2D eigenvalue weighted by Crippen LogP contribution is 2.38. The monoisotopic (exact) mass is 341 g/mol. The number of pyridine rings is 1. The Morgan fingerprint density at radius 1 is 1.48 bits per heavy atom. The first-order valence-corrected chi connectivity index (χ1v) is 9.15. The Morgan fingerprint density at radius 3 is 2.65 bits per heavy atom. The Hall–Kier alpha value is -1.87. The van der Waals surface area contributed by atoms with Crippen LogP contribution in [0.4, 0.5) is 11.6 Å². The quantitative estimate of drug-likeness (QED) is 0.378. The minimum atomic E-state index is -3.48. The lowest BCUT2D eigenvalue weighted by Crippen LogP contribution is -2.31. The number of rotatable bonds is 7. The molecule has 0 radical (unpaired) electrons. The summed E-state index contributed by atoms with van der Waals surface area (Å²) in [5.41, 5.74) is 2.30. The van der Waals surface area contributed by atoms with E-state index in [1.165, 1.54) is 19.4 Å². The number of amides is 1. The van der Waals surface area contributed by atoms with Crippen molar-refractivity contribution in [1.82, 2.24) is 10.4 Å². The lowest BCUT2D eigenvalue weighted by atomic mass is 10.2. The zero-order chi connectivity index (χ0) is 17.2. The molecule has 2 atom stereocenters. The molecule has 128 valence electrons. The van der Waals surface area contributed by atoms with Crippen molar-refractivity contribution < 1.29 is 13.2 Å². The summed E-state index contributed by atoms with van der Waals surface area (Å²) in [6.45, 7) is 4.52. The van der Waals surface area contributed by atoms with Crippen LogP contribution in [-0.4, -0.2) is 38.7 Å². The van der Waals surface area contributed by atoms with Crippen LogP contribution in [-0.2, 0) is 10.0 Å². The van der Waals surface area contributed by atoms with Crippen LogP contribution in [0, 0.1) is 11.8 Å². The summed E-state index contributed by atoms with van der Waals surface area (Å²) in [4.78, 5) is 18.0. The van der Waals surface area contributed by atoms with Crippen molar-refractivity contribution in [2.75, 3.05) is 29.0 Å². The van der Waals surface area contributed by atoms with Gasteiger partial charge in [-0.3, -0.25) is 14.9 Å². The molecule has 1 fully saturated rings. The van der Waals surface area contributed by atoms with Crippen molar-refractivity contribution in [2.24, 2.45) is 17.7 Å². The van der Waals surface area contributed by atoms with E-state index >= 15 is 0 Å². The molecule has 2 unspecified atom stereocenters. The zero-order valence-electron chi connectivity index (χ0n) is 13.5. The van der Waals surface area contributed by atoms with Crippen LogP contribution in [0.25, 0.3) is 0 Å². The molecular weight excluding hydrogens is 318 g/mol. The van der Waals surface area contributed by atoms with Gasteiger partial charge in [0.05, 0.1) is 5.75 Å². The average Bonchev–Trinajstić information content (AvgIpc) is 3.20. The van der Waals surface area contributed by atoms with Gasteiger partial charge in [0.15, 0.2) is 0 Å². The summed E-state index contributed by atoms with van der Waals surface area (Å²) in [6, 6.07) is 2.96. The summed E-state index contributed by atoms with van der Waals surface area (Å²) >= 11 is 0. The number of nitrogens with two attached hydrogens (primary N) is 1. The highest BCUT2D eigenvalue weighted by Gasteiger charge is 2.33. The van der Waals surface area contributed by atoms with Gasteiger partial charge in [-0.2, -0.15) is 0 Å². The molecule has 8 nitrogen and oxygen atoms in total. The first-order chi connectivity index (χ1) is 10.8. The number of hydrogen-bond acceptors (Lipinski definition) is 6. The molecule has 0 spiro atoms. The molecule has 1 saturated carbocycles. The highest BCUT2D eigenvalue weighted by molar-refractivity contribution is 7.92. The molecule has 9 heteroatoms. The second-order valence-electron chi connectivity index (χ2n) is 5.93. The third-order valence-corrected chi connectivity index (χ3v) is 5.30. The van der Waals surface area contributed by atoms with Gasteiger partial charge in [0.2, 0.25) is 10.0 Å². The largest absolute Gasteiger partial charge is 0.359 e. The van der Waals surface area contributed by atoms with Crippen LogP contribution >= 0.6 is 0 Å². The van der Waals surface area contributed by atoms with E-state index in [2.05, 4.69) is 16.6 Å². The van der Waals surface area contributed by atoms with E-state index in [-0.39, 0.29) is 17.1 Å². The lowest BCUT2D eigenvalue weighted by Gasteiger charge is -2.20. The summed E-state index contributed by atoms with van der Waals surface area (Å²) in [7, 11) is -1.61. The Kier molecular flexibility index (Phi) is 5.10. The van der Waals surface area contributed by atoms with Gasteiger partial charge in [0.1, 0.15) is 11.6 Å². The van der Waals surface area contributed by atoms with Gasteiger partial charge in [-0.1, -0.05) is 6.92 Å². The van der Waals surface area contributed by atoms with Crippen molar-refractivity contribution in [3.05, 3.63) is 17.7 Å². The third-order valence-electron chi connectivity index (χ3n) is 4.02. The van der Waals surface area contributed by atoms with Crippen molar-refractivity contribution in [3.8, 4) is 0 Å². The SMILES string of the molecule is CCS(=O)(=O)Nc1cc(C(=O)NN)cc(N(C)CC2CC2C)n1. The number of hydrogen-bond donors (Lipinski definition) is 3. The van der Waals surface area contributed by atoms with E-state index in [9.17, 15) is 13.2 Å². The Morgan fingerprint density at radius 2 is 2.13 bits per heavy atom. The zero-order valence-corrected chi connectivity index (χ0v) is 14.4. The number of aromatic nitrogens is 1. The molecule has 0 saturated heterocycles. The van der Waals surface area contributed by atoms with Gasteiger partial charge in [-0.05, 0) is 37.3 Å². The van der Waals surface area contributed by atoms with Gasteiger partial charge in [0.25, 0.3) is 5.91 Å². The van der Waals surface area contributed by atoms with Crippen LogP contribution in [0.3, 0.4) is 0 Å². The number of nitrogens with zero attached hydrogens (tertiary/aromatic N) is 2. The Bertz CT molecular complexity index is 692. The second kappa shape index (κ2) is 6.71. The summed E-state index contributed by atoms with van der Waals surface area (Å²) in [5, 5.41) is 0. The van der Waals surface area contributed by atoms with E-state index in [0.29, 0.717) is 17.7 Å². The van der Waals surface area contributed by atoms with Gasteiger partial charge in [-0.25, -0.2) is 19.2 Å². The Balaban J connectivity index is 2.30. The number of hydrazine groups is 1. The maximum atomic E-state index is 11.8. The lowest BCUT2D eigenvalue weighted by molar-refractivity contribution is 0.0953. The van der Waals surface area contributed by atoms with E-state index in [0.717, 1.165) is 6.54 Å². The summed E-state index contributed by atoms with van der Waals surface area (Å²) in [5.74, 6) is 6.52. The molecule has 1 aromatic rings. The van der Waals surface area contributed by atoms with Crippen LogP contribution < -0.4 is 20.9 Å². The molecular formula is C14H23N5O3S. The van der Waals surface area contributed by atoms with E-state index < -0.39 is 15.9 Å². The smallest absolute Gasteiger partial charge is 0.265 e. The first kappa shape index (κ1) is 17.5. The topological polar surface area (TPSA) is 117 Å². The van der Waals surface area contributed by atoms with Crippen molar-refractivity contribution in [2.45, 2.75) is 20.3 Å². The number of nitrogen functional groups attached to an aromatic ring is 1. The third kappa shape index (κ3) is 4.55. The van der Waals surface area contributed by atoms with Crippen LogP contribution in [0.1, 0.15) is 30.6 Å². The fourth-order valence-corrected chi connectivity index (χ4v) is 2.88. The molecule has 1 aromatic heterocycles. The number of nitrogens with one attached hydrogen (secondary N) is 2. The molecule has 23 heavy (non-hydrogen) atoms. The molecule has 1 aliphatic carbocycles. The van der Waals surface area contributed by atoms with Gasteiger partial charge in [-0.15, -0.1) is 0 Å². The van der Waals surface area contributed by atoms with Gasteiger partial charge < -0.3 is 4.90 Å². The van der Waals surface area contributed by atoms with Gasteiger partial charge in [0, 0.05) is 19.2 Å². The van der Waals surface area contributed by atoms with E-state index in [1.54, 1.807) is 6.07 Å². The molecule has 2 rings (SSSR count). The molecule has 0 bridgehead atoms. The van der Waals surface area contributed by atoms with Crippen LogP contribution in [0.15, 0.2) is 12.1 Å². The molecule has 0 aromatic carbocycles. The predicted octanol–water partition coefficient (Wildman–Crippen LogP) is 0.539. The van der Waals surface area contributed by atoms with E-state index in [4.69, 9.17) is 5.84 Å².